The molecule has 0 saturated heterocycles. The fraction of sp³-hybridized carbons (Fsp3) is 0. The Morgan fingerprint density at radius 3 is 2.94 bits per heavy atom. The van der Waals surface area contributed by atoms with E-state index in [1.165, 1.54) is 0 Å². The predicted octanol–water partition coefficient (Wildman–Crippen LogP) is 1.95. The van der Waals surface area contributed by atoms with E-state index in [0.29, 0.717) is 0 Å². The van der Waals surface area contributed by atoms with Gasteiger partial charge < -0.3 is 4.98 Å². The molecule has 2 aromatic heterocycles. The van der Waals surface area contributed by atoms with Crippen LogP contribution >= 0.6 is 0 Å². The van der Waals surface area contributed by atoms with Crippen LogP contribution in [0.4, 0.5) is 0 Å². The van der Waals surface area contributed by atoms with Crippen molar-refractivity contribution in [2.75, 3.05) is 0 Å². The Balaban J connectivity index is 2.56. The molecule has 0 unspecified atom stereocenters. The predicted molar refractivity (Wildman–Crippen MR) is 64.6 cm³/mol. The summed E-state index contributed by atoms with van der Waals surface area (Å²) in [6, 6.07) is 11.0. The maximum Gasteiger partial charge on any atom is 0.266 e. The highest BCUT2D eigenvalue weighted by molar-refractivity contribution is 6.02. The molecular formula is C13H7N3O. The largest absolute Gasteiger partial charge is 0.320 e. The van der Waals surface area contributed by atoms with Gasteiger partial charge in [-0.2, -0.15) is 5.26 Å². The average molecular weight is 221 g/mol. The molecule has 2 heterocycles. The van der Waals surface area contributed by atoms with Gasteiger partial charge in [0.05, 0.1) is 11.0 Å². The lowest BCUT2D eigenvalue weighted by atomic mass is 10.1. The molecule has 0 aliphatic carbocycles. The summed E-state index contributed by atoms with van der Waals surface area (Å²) in [6.07, 6.45) is 1.66. The molecule has 0 atom stereocenters. The molecule has 0 aliphatic heterocycles. The van der Waals surface area contributed by atoms with Crippen LogP contribution in [-0.4, -0.2) is 9.97 Å². The molecule has 3 aromatic rings. The van der Waals surface area contributed by atoms with Crippen LogP contribution in [0.15, 0.2) is 41.3 Å². The van der Waals surface area contributed by atoms with Crippen molar-refractivity contribution >= 4 is 21.8 Å². The molecule has 0 amide bonds. The van der Waals surface area contributed by atoms with Crippen molar-refractivity contribution in [2.45, 2.75) is 0 Å². The molecule has 3 rings (SSSR count). The van der Waals surface area contributed by atoms with Crippen molar-refractivity contribution in [3.8, 4) is 6.07 Å². The number of para-hydroxylation sites is 1. The van der Waals surface area contributed by atoms with Crippen LogP contribution < -0.4 is 5.56 Å². The maximum atomic E-state index is 11.6. The molecule has 0 fully saturated rings. The van der Waals surface area contributed by atoms with Crippen LogP contribution in [0.1, 0.15) is 5.56 Å². The number of hydrogen-bond acceptors (Lipinski definition) is 3. The van der Waals surface area contributed by atoms with Crippen LogP contribution in [0, 0.1) is 11.3 Å². The summed E-state index contributed by atoms with van der Waals surface area (Å²) in [5, 5.41) is 10.4. The van der Waals surface area contributed by atoms with Gasteiger partial charge in [-0.3, -0.25) is 9.78 Å². The number of H-pyrrole nitrogens is 1. The minimum absolute atomic E-state index is 0.106. The highest BCUT2D eigenvalue weighted by Crippen LogP contribution is 2.20. The van der Waals surface area contributed by atoms with E-state index in [4.69, 9.17) is 5.26 Å². The SMILES string of the molecule is N#Cc1cc2cnc3ccccc3c2[nH]c1=O. The van der Waals surface area contributed by atoms with E-state index >= 15 is 0 Å². The van der Waals surface area contributed by atoms with Gasteiger partial charge in [-0.05, 0) is 12.1 Å². The summed E-state index contributed by atoms with van der Waals surface area (Å²) in [7, 11) is 0. The molecule has 80 valence electrons. The second kappa shape index (κ2) is 3.42. The highest BCUT2D eigenvalue weighted by Gasteiger charge is 2.05. The van der Waals surface area contributed by atoms with E-state index < -0.39 is 0 Å². The Labute approximate surface area is 96.2 Å². The van der Waals surface area contributed by atoms with Crippen molar-refractivity contribution < 1.29 is 0 Å². The third-order valence-electron chi connectivity index (χ3n) is 2.71. The van der Waals surface area contributed by atoms with Gasteiger partial charge in [0.1, 0.15) is 11.6 Å². The summed E-state index contributed by atoms with van der Waals surface area (Å²) < 4.78 is 0. The fourth-order valence-electron chi connectivity index (χ4n) is 1.89. The van der Waals surface area contributed by atoms with Crippen LogP contribution in [0.5, 0.6) is 0 Å². The Morgan fingerprint density at radius 1 is 1.29 bits per heavy atom. The topological polar surface area (TPSA) is 69.5 Å². The van der Waals surface area contributed by atoms with Gasteiger partial charge in [0, 0.05) is 17.0 Å². The van der Waals surface area contributed by atoms with E-state index in [-0.39, 0.29) is 11.1 Å². The Morgan fingerprint density at radius 2 is 2.12 bits per heavy atom. The van der Waals surface area contributed by atoms with Gasteiger partial charge in [-0.15, -0.1) is 0 Å². The monoisotopic (exact) mass is 221 g/mol. The lowest BCUT2D eigenvalue weighted by molar-refractivity contribution is 1.27. The molecule has 0 aliphatic rings. The third-order valence-corrected chi connectivity index (χ3v) is 2.71. The first-order valence-corrected chi connectivity index (χ1v) is 5.10. The van der Waals surface area contributed by atoms with E-state index in [1.54, 1.807) is 12.3 Å². The number of aromatic amines is 1. The smallest absolute Gasteiger partial charge is 0.266 e. The average Bonchev–Trinajstić information content (AvgIpc) is 2.38. The van der Waals surface area contributed by atoms with Crippen LogP contribution in [0.3, 0.4) is 0 Å². The third kappa shape index (κ3) is 1.37. The lowest BCUT2D eigenvalue weighted by Crippen LogP contribution is -2.09. The van der Waals surface area contributed by atoms with Crippen molar-refractivity contribution in [1.29, 1.82) is 5.26 Å². The molecule has 1 aromatic carbocycles. The van der Waals surface area contributed by atoms with E-state index in [1.807, 2.05) is 30.3 Å². The molecule has 0 bridgehead atoms. The second-order valence-corrected chi connectivity index (χ2v) is 3.73. The van der Waals surface area contributed by atoms with Crippen LogP contribution in [-0.2, 0) is 0 Å². The van der Waals surface area contributed by atoms with Gasteiger partial charge in [0.2, 0.25) is 0 Å². The number of nitrogens with zero attached hydrogens (tertiary/aromatic N) is 2. The number of nitrogens with one attached hydrogen (secondary N) is 1. The number of aromatic nitrogens is 2. The first-order chi connectivity index (χ1) is 8.29. The van der Waals surface area contributed by atoms with Crippen molar-refractivity contribution in [2.24, 2.45) is 0 Å². The lowest BCUT2D eigenvalue weighted by Gasteiger charge is -2.02. The maximum absolute atomic E-state index is 11.6. The number of fused-ring (bicyclic) bond motifs is 3. The van der Waals surface area contributed by atoms with Crippen LogP contribution in [0.2, 0.25) is 0 Å². The minimum Gasteiger partial charge on any atom is -0.320 e. The number of benzene rings is 1. The van der Waals surface area contributed by atoms with E-state index in [9.17, 15) is 4.79 Å². The zero-order valence-corrected chi connectivity index (χ0v) is 8.77. The summed E-state index contributed by atoms with van der Waals surface area (Å²) >= 11 is 0. The van der Waals surface area contributed by atoms with Gasteiger partial charge in [-0.1, -0.05) is 18.2 Å². The van der Waals surface area contributed by atoms with Gasteiger partial charge >= 0.3 is 0 Å². The van der Waals surface area contributed by atoms with Crippen molar-refractivity contribution in [1.82, 2.24) is 9.97 Å². The molecule has 4 nitrogen and oxygen atoms in total. The number of nitriles is 1. The Hall–Kier alpha value is -2.67. The Kier molecular flexibility index (Phi) is 1.92. The summed E-state index contributed by atoms with van der Waals surface area (Å²) in [6.45, 7) is 0. The quantitative estimate of drug-likeness (QED) is 0.590. The molecule has 4 heteroatoms. The standard InChI is InChI=1S/C13H7N3O/c14-6-8-5-9-7-15-11-4-2-1-3-10(11)12(9)16-13(8)17/h1-5,7H,(H,16,17). The number of pyridine rings is 2. The van der Waals surface area contributed by atoms with Crippen molar-refractivity contribution in [3.05, 3.63) is 52.4 Å². The van der Waals surface area contributed by atoms with Crippen molar-refractivity contribution in [3.63, 3.8) is 0 Å². The molecule has 0 radical (unpaired) electrons. The van der Waals surface area contributed by atoms with E-state index in [0.717, 1.165) is 21.8 Å². The molecule has 17 heavy (non-hydrogen) atoms. The molecular weight excluding hydrogens is 214 g/mol. The number of hydrogen-bond donors (Lipinski definition) is 1. The first kappa shape index (κ1) is 9.55. The van der Waals surface area contributed by atoms with Gasteiger partial charge in [0.15, 0.2) is 0 Å². The minimum atomic E-state index is -0.364. The van der Waals surface area contributed by atoms with Gasteiger partial charge in [-0.25, -0.2) is 0 Å². The summed E-state index contributed by atoms with van der Waals surface area (Å²) in [5.41, 5.74) is 1.28. The fourth-order valence-corrected chi connectivity index (χ4v) is 1.89. The Bertz CT molecular complexity index is 827. The molecule has 0 spiro atoms. The number of rotatable bonds is 0. The summed E-state index contributed by atoms with van der Waals surface area (Å²) in [4.78, 5) is 18.6. The molecule has 0 saturated carbocycles. The molecule has 1 N–H and O–H groups in total. The normalized spacial score (nSPS) is 10.5. The zero-order chi connectivity index (χ0) is 11.8. The highest BCUT2D eigenvalue weighted by atomic mass is 16.1. The summed E-state index contributed by atoms with van der Waals surface area (Å²) in [5.74, 6) is 0. The second-order valence-electron chi connectivity index (χ2n) is 3.73. The zero-order valence-electron chi connectivity index (χ0n) is 8.77. The first-order valence-electron chi connectivity index (χ1n) is 5.10. The van der Waals surface area contributed by atoms with Crippen LogP contribution in [0.25, 0.3) is 21.8 Å². The van der Waals surface area contributed by atoms with Gasteiger partial charge in [0.25, 0.3) is 5.56 Å². The van der Waals surface area contributed by atoms with E-state index in [2.05, 4.69) is 9.97 Å².